The standard InChI is InChI=1S/C15H16N2O4S/c1-15(7-4-3-5-8-15)22(19,20)17-9-6-11-12(18)10-16-14(21-2)13(11)17/h3-7,9-10,18H,8H2,1-2H3. The molecule has 1 aliphatic carbocycles. The highest BCUT2D eigenvalue weighted by Gasteiger charge is 2.39. The maximum Gasteiger partial charge on any atom is 0.248 e. The van der Waals surface area contributed by atoms with Crippen molar-refractivity contribution in [3.05, 3.63) is 42.8 Å². The minimum atomic E-state index is -3.75. The normalized spacial score (nSPS) is 21.4. The molecule has 2 heterocycles. The molecule has 0 aliphatic heterocycles. The predicted octanol–water partition coefficient (Wildman–Crippen LogP) is 2.20. The zero-order valence-corrected chi connectivity index (χ0v) is 13.0. The van der Waals surface area contributed by atoms with Crippen molar-refractivity contribution in [2.75, 3.05) is 7.11 Å². The summed E-state index contributed by atoms with van der Waals surface area (Å²) in [5.74, 6) is 0.0642. The van der Waals surface area contributed by atoms with Crippen LogP contribution in [0.2, 0.25) is 0 Å². The van der Waals surface area contributed by atoms with Crippen LogP contribution in [0.15, 0.2) is 42.8 Å². The number of fused-ring (bicyclic) bond motifs is 1. The van der Waals surface area contributed by atoms with Gasteiger partial charge < -0.3 is 9.84 Å². The summed E-state index contributed by atoms with van der Waals surface area (Å²) < 4.78 is 31.4. The minimum Gasteiger partial charge on any atom is -0.506 e. The Kier molecular flexibility index (Phi) is 3.25. The lowest BCUT2D eigenvalue weighted by Gasteiger charge is -2.27. The van der Waals surface area contributed by atoms with Crippen molar-refractivity contribution in [2.24, 2.45) is 0 Å². The van der Waals surface area contributed by atoms with Crippen molar-refractivity contribution in [1.29, 1.82) is 0 Å². The molecule has 1 atom stereocenters. The molecule has 2 aromatic heterocycles. The molecule has 0 spiro atoms. The van der Waals surface area contributed by atoms with Gasteiger partial charge in [-0.25, -0.2) is 17.4 Å². The zero-order valence-electron chi connectivity index (χ0n) is 12.2. The van der Waals surface area contributed by atoms with Gasteiger partial charge in [-0.2, -0.15) is 0 Å². The molecule has 6 nitrogen and oxygen atoms in total. The topological polar surface area (TPSA) is 81.4 Å². The van der Waals surface area contributed by atoms with Crippen molar-refractivity contribution < 1.29 is 18.3 Å². The van der Waals surface area contributed by atoms with Crippen LogP contribution in [-0.4, -0.2) is 34.3 Å². The largest absolute Gasteiger partial charge is 0.506 e. The Bertz CT molecular complexity index is 896. The van der Waals surface area contributed by atoms with E-state index in [0.29, 0.717) is 11.8 Å². The van der Waals surface area contributed by atoms with E-state index in [1.54, 1.807) is 19.1 Å². The molecule has 0 saturated carbocycles. The average Bonchev–Trinajstić information content (AvgIpc) is 2.95. The van der Waals surface area contributed by atoms with Crippen molar-refractivity contribution in [3.8, 4) is 11.6 Å². The van der Waals surface area contributed by atoms with E-state index in [-0.39, 0.29) is 17.1 Å². The number of hydrogen-bond acceptors (Lipinski definition) is 5. The molecular weight excluding hydrogens is 304 g/mol. The van der Waals surface area contributed by atoms with E-state index in [1.165, 1.54) is 25.6 Å². The van der Waals surface area contributed by atoms with Crippen molar-refractivity contribution in [2.45, 2.75) is 18.1 Å². The van der Waals surface area contributed by atoms with Crippen LogP contribution < -0.4 is 4.74 Å². The van der Waals surface area contributed by atoms with Crippen LogP contribution >= 0.6 is 0 Å². The van der Waals surface area contributed by atoms with Gasteiger partial charge >= 0.3 is 0 Å². The molecule has 0 aromatic carbocycles. The number of nitrogens with zero attached hydrogens (tertiary/aromatic N) is 2. The van der Waals surface area contributed by atoms with Crippen LogP contribution in [0.1, 0.15) is 13.3 Å². The lowest BCUT2D eigenvalue weighted by molar-refractivity contribution is 0.399. The van der Waals surface area contributed by atoms with Gasteiger partial charge in [0.15, 0.2) is 0 Å². The van der Waals surface area contributed by atoms with Crippen molar-refractivity contribution >= 4 is 20.9 Å². The highest BCUT2D eigenvalue weighted by molar-refractivity contribution is 7.91. The number of hydrogen-bond donors (Lipinski definition) is 1. The Morgan fingerprint density at radius 2 is 2.18 bits per heavy atom. The van der Waals surface area contributed by atoms with E-state index in [4.69, 9.17) is 4.74 Å². The summed E-state index contributed by atoms with van der Waals surface area (Å²) in [6, 6.07) is 1.54. The first kappa shape index (κ1) is 14.6. The van der Waals surface area contributed by atoms with Crippen molar-refractivity contribution in [1.82, 2.24) is 8.96 Å². The fourth-order valence-electron chi connectivity index (χ4n) is 2.55. The molecule has 3 rings (SSSR count). The summed E-state index contributed by atoms with van der Waals surface area (Å²) >= 11 is 0. The fraction of sp³-hybridized carbons (Fsp3) is 0.267. The number of aromatic hydroxyl groups is 1. The summed E-state index contributed by atoms with van der Waals surface area (Å²) in [4.78, 5) is 3.95. The van der Waals surface area contributed by atoms with Gasteiger partial charge in [0.1, 0.15) is 16.0 Å². The lowest BCUT2D eigenvalue weighted by Crippen LogP contribution is -2.37. The van der Waals surface area contributed by atoms with Gasteiger partial charge in [-0.3, -0.25) is 0 Å². The fourth-order valence-corrected chi connectivity index (χ4v) is 4.20. The third kappa shape index (κ3) is 1.93. The Morgan fingerprint density at radius 1 is 1.41 bits per heavy atom. The van der Waals surface area contributed by atoms with E-state index < -0.39 is 14.8 Å². The zero-order chi connectivity index (χ0) is 16.0. The first-order valence-corrected chi connectivity index (χ1v) is 8.17. The first-order chi connectivity index (χ1) is 10.4. The van der Waals surface area contributed by atoms with Gasteiger partial charge in [0.05, 0.1) is 13.3 Å². The molecule has 116 valence electrons. The second-order valence-corrected chi connectivity index (χ2v) is 7.61. The highest BCUT2D eigenvalue weighted by atomic mass is 32.2. The predicted molar refractivity (Wildman–Crippen MR) is 83.6 cm³/mol. The number of ether oxygens (including phenoxy) is 1. The van der Waals surface area contributed by atoms with Gasteiger partial charge in [0.25, 0.3) is 0 Å². The quantitative estimate of drug-likeness (QED) is 0.937. The van der Waals surface area contributed by atoms with Crippen LogP contribution in [0.3, 0.4) is 0 Å². The van der Waals surface area contributed by atoms with Gasteiger partial charge in [0.2, 0.25) is 15.9 Å². The average molecular weight is 320 g/mol. The molecular formula is C15H16N2O4S. The molecule has 1 N–H and O–H groups in total. The summed E-state index contributed by atoms with van der Waals surface area (Å²) in [7, 11) is -2.34. The Labute approximate surface area is 128 Å². The molecule has 0 radical (unpaired) electrons. The maximum atomic E-state index is 13.1. The Hall–Kier alpha value is -2.28. The van der Waals surface area contributed by atoms with Crippen LogP contribution in [0.25, 0.3) is 10.9 Å². The van der Waals surface area contributed by atoms with E-state index in [2.05, 4.69) is 4.98 Å². The van der Waals surface area contributed by atoms with E-state index in [9.17, 15) is 13.5 Å². The SMILES string of the molecule is COc1ncc(O)c2ccn(S(=O)(=O)C3(C)C=CC=CC3)c12. The number of aromatic nitrogens is 2. The second kappa shape index (κ2) is 4.88. The van der Waals surface area contributed by atoms with Crippen LogP contribution in [0.5, 0.6) is 11.6 Å². The first-order valence-electron chi connectivity index (χ1n) is 6.73. The Balaban J connectivity index is 2.29. The summed E-state index contributed by atoms with van der Waals surface area (Å²) in [5.41, 5.74) is 0.242. The molecule has 1 unspecified atom stereocenters. The molecule has 0 amide bonds. The summed E-state index contributed by atoms with van der Waals surface area (Å²) in [6.45, 7) is 1.66. The van der Waals surface area contributed by atoms with Crippen LogP contribution in [-0.2, 0) is 10.0 Å². The minimum absolute atomic E-state index is 0.0889. The third-order valence-corrected chi connectivity index (χ3v) is 6.20. The number of rotatable bonds is 3. The maximum absolute atomic E-state index is 13.1. The molecule has 2 aromatic rings. The lowest BCUT2D eigenvalue weighted by atomic mass is 10.0. The van der Waals surface area contributed by atoms with Crippen LogP contribution in [0, 0.1) is 0 Å². The summed E-state index contributed by atoms with van der Waals surface area (Å²) in [5, 5.41) is 10.3. The smallest absolute Gasteiger partial charge is 0.248 e. The number of pyridine rings is 1. The highest BCUT2D eigenvalue weighted by Crippen LogP contribution is 2.36. The van der Waals surface area contributed by atoms with E-state index >= 15 is 0 Å². The van der Waals surface area contributed by atoms with Crippen LogP contribution in [0.4, 0.5) is 0 Å². The molecule has 1 aliphatic rings. The van der Waals surface area contributed by atoms with E-state index in [1.807, 2.05) is 12.2 Å². The molecule has 0 fully saturated rings. The van der Waals surface area contributed by atoms with E-state index in [0.717, 1.165) is 3.97 Å². The van der Waals surface area contributed by atoms with Gasteiger partial charge in [-0.05, 0) is 19.4 Å². The summed E-state index contributed by atoms with van der Waals surface area (Å²) in [6.07, 6.45) is 10.1. The molecule has 7 heteroatoms. The second-order valence-electron chi connectivity index (χ2n) is 5.34. The Morgan fingerprint density at radius 3 is 2.82 bits per heavy atom. The van der Waals surface area contributed by atoms with Gasteiger partial charge in [0, 0.05) is 11.6 Å². The monoisotopic (exact) mass is 320 g/mol. The molecule has 22 heavy (non-hydrogen) atoms. The number of methoxy groups -OCH3 is 1. The van der Waals surface area contributed by atoms with Gasteiger partial charge in [-0.15, -0.1) is 0 Å². The van der Waals surface area contributed by atoms with Crippen molar-refractivity contribution in [3.63, 3.8) is 0 Å². The third-order valence-electron chi connectivity index (χ3n) is 3.90. The van der Waals surface area contributed by atoms with Gasteiger partial charge in [-0.1, -0.05) is 24.3 Å². The molecule has 0 bridgehead atoms. The number of allylic oxidation sites excluding steroid dienone is 3. The molecule has 0 saturated heterocycles.